The number of nitriles is 1. The van der Waals surface area contributed by atoms with Crippen molar-refractivity contribution in [3.63, 3.8) is 0 Å². The third kappa shape index (κ3) is 5.39. The molecule has 0 aliphatic carbocycles. The molecule has 10 rings (SSSR count). The van der Waals surface area contributed by atoms with Crippen molar-refractivity contribution >= 4 is 60.4 Å². The summed E-state index contributed by atoms with van der Waals surface area (Å²) < 4.78 is 2.39. The first-order valence-corrected chi connectivity index (χ1v) is 18.4. The molecule has 0 fully saturated rings. The molecular formula is C50H33N5. The summed E-state index contributed by atoms with van der Waals surface area (Å²) in [5.74, 6) is 0.530. The average molecular weight is 704 g/mol. The van der Waals surface area contributed by atoms with Gasteiger partial charge in [0.05, 0.1) is 16.6 Å². The fourth-order valence-corrected chi connectivity index (χ4v) is 8.08. The Morgan fingerprint density at radius 1 is 0.618 bits per heavy atom. The van der Waals surface area contributed by atoms with Crippen LogP contribution < -0.4 is 4.90 Å². The summed E-state index contributed by atoms with van der Waals surface area (Å²) in [4.78, 5) is 11.7. The molecule has 0 N–H and O–H groups in total. The third-order valence-electron chi connectivity index (χ3n) is 10.6. The largest absolute Gasteiger partial charge is 0.337 e. The fourth-order valence-electron chi connectivity index (χ4n) is 8.08. The van der Waals surface area contributed by atoms with Crippen LogP contribution in [0.2, 0.25) is 0 Å². The van der Waals surface area contributed by atoms with Gasteiger partial charge < -0.3 is 9.47 Å². The fraction of sp³-hybridized carbons (Fsp3) is 0.0200. The molecule has 5 nitrogen and oxygen atoms in total. The van der Waals surface area contributed by atoms with Crippen LogP contribution in [0.15, 0.2) is 183 Å². The van der Waals surface area contributed by atoms with Crippen molar-refractivity contribution < 1.29 is 0 Å². The van der Waals surface area contributed by atoms with Crippen molar-refractivity contribution in [1.82, 2.24) is 14.5 Å². The van der Waals surface area contributed by atoms with Crippen molar-refractivity contribution in [2.24, 2.45) is 0 Å². The Morgan fingerprint density at radius 2 is 1.40 bits per heavy atom. The molecule has 3 heterocycles. The maximum absolute atomic E-state index is 9.84. The Balaban J connectivity index is 1.13. The van der Waals surface area contributed by atoms with Crippen LogP contribution in [0, 0.1) is 11.3 Å². The van der Waals surface area contributed by atoms with Crippen LogP contribution in [0.5, 0.6) is 0 Å². The molecule has 2 aromatic heterocycles. The van der Waals surface area contributed by atoms with Crippen molar-refractivity contribution in [3.05, 3.63) is 194 Å². The normalized spacial score (nSPS) is 14.0. The summed E-state index contributed by atoms with van der Waals surface area (Å²) in [6.07, 6.45) is 8.42. The summed E-state index contributed by atoms with van der Waals surface area (Å²) in [6, 6.07) is 55.3. The monoisotopic (exact) mass is 703 g/mol. The quantitative estimate of drug-likeness (QED) is 0.183. The maximum Gasteiger partial charge on any atom is 0.161 e. The molecule has 0 amide bonds. The predicted molar refractivity (Wildman–Crippen MR) is 228 cm³/mol. The third-order valence-corrected chi connectivity index (χ3v) is 10.6. The van der Waals surface area contributed by atoms with Gasteiger partial charge in [-0.25, -0.2) is 9.97 Å². The van der Waals surface area contributed by atoms with Crippen LogP contribution in [-0.4, -0.2) is 21.1 Å². The zero-order valence-corrected chi connectivity index (χ0v) is 29.9. The Hall–Kier alpha value is -7.55. The summed E-state index contributed by atoms with van der Waals surface area (Å²) in [5, 5.41) is 15.5. The number of allylic oxidation sites excluding steroid dienone is 4. The van der Waals surface area contributed by atoms with Gasteiger partial charge in [0.25, 0.3) is 0 Å². The van der Waals surface area contributed by atoms with Gasteiger partial charge in [-0.05, 0) is 94.2 Å². The first kappa shape index (κ1) is 32.1. The van der Waals surface area contributed by atoms with Gasteiger partial charge in [0.2, 0.25) is 0 Å². The van der Waals surface area contributed by atoms with Gasteiger partial charge in [-0.3, -0.25) is 0 Å². The lowest BCUT2D eigenvalue weighted by atomic mass is 9.92. The lowest BCUT2D eigenvalue weighted by molar-refractivity contribution is 1.09. The van der Waals surface area contributed by atoms with Gasteiger partial charge in [-0.15, -0.1) is 0 Å². The highest BCUT2D eigenvalue weighted by Crippen LogP contribution is 2.43. The topological polar surface area (TPSA) is 57.7 Å². The first-order chi connectivity index (χ1) is 27.2. The van der Waals surface area contributed by atoms with Crippen LogP contribution in [-0.2, 0) is 0 Å². The molecule has 1 aliphatic heterocycles. The molecule has 7 aromatic carbocycles. The van der Waals surface area contributed by atoms with E-state index in [0.717, 1.165) is 61.3 Å². The van der Waals surface area contributed by atoms with E-state index in [-0.39, 0.29) is 0 Å². The number of benzene rings is 7. The van der Waals surface area contributed by atoms with E-state index in [0.29, 0.717) is 18.1 Å². The van der Waals surface area contributed by atoms with Crippen LogP contribution in [0.1, 0.15) is 11.3 Å². The summed E-state index contributed by atoms with van der Waals surface area (Å²) in [6.45, 7) is 5.27. The minimum absolute atomic E-state index is 0.373. The number of para-hydroxylation sites is 2. The van der Waals surface area contributed by atoms with Crippen LogP contribution in [0.4, 0.5) is 11.4 Å². The van der Waals surface area contributed by atoms with E-state index in [1.807, 2.05) is 36.4 Å². The molecule has 0 bridgehead atoms. The SMILES string of the molecule is C=C1/C=C\C=C/CN(c2ccc(-c3nc(C#N)c4ccccc4n3)cc2)c2cccc(-c3ccc4c5c6ccccc6ccc5n(-c5ccccc5)c4c3)c21. The molecule has 0 saturated carbocycles. The molecular weight excluding hydrogens is 671 g/mol. The number of anilines is 2. The standard InChI is InChI=1S/C50H33N5/c1-33-13-4-3-11-30-54(37-26-22-35(23-27-37)50-52-43-20-10-9-18-41(43)44(32-51)53-50)45-21-12-19-40(48(33)45)36-24-28-42-47(31-36)55(38-15-5-2-6-16-38)46-29-25-34-14-7-8-17-39(34)49(42)46/h2-29,31H,1,30H2/b11-3-,13-4-. The summed E-state index contributed by atoms with van der Waals surface area (Å²) in [7, 11) is 0. The lowest BCUT2D eigenvalue weighted by Crippen LogP contribution is -2.18. The van der Waals surface area contributed by atoms with Crippen LogP contribution in [0.25, 0.3) is 77.3 Å². The number of nitrogens with zero attached hydrogens (tertiary/aromatic N) is 5. The summed E-state index contributed by atoms with van der Waals surface area (Å²) in [5.41, 5.74) is 11.8. The van der Waals surface area contributed by atoms with E-state index in [9.17, 15) is 5.26 Å². The molecule has 0 saturated heterocycles. The van der Waals surface area contributed by atoms with Gasteiger partial charge in [-0.1, -0.05) is 116 Å². The van der Waals surface area contributed by atoms with E-state index >= 15 is 0 Å². The predicted octanol–water partition coefficient (Wildman–Crippen LogP) is 12.4. The number of hydrogen-bond acceptors (Lipinski definition) is 4. The van der Waals surface area contributed by atoms with Gasteiger partial charge in [0, 0.05) is 50.9 Å². The van der Waals surface area contributed by atoms with E-state index in [2.05, 4.69) is 167 Å². The summed E-state index contributed by atoms with van der Waals surface area (Å²) >= 11 is 0. The molecule has 55 heavy (non-hydrogen) atoms. The van der Waals surface area contributed by atoms with Crippen molar-refractivity contribution in [1.29, 1.82) is 5.26 Å². The Kier molecular flexibility index (Phi) is 7.68. The highest BCUT2D eigenvalue weighted by atomic mass is 15.1. The maximum atomic E-state index is 9.84. The van der Waals surface area contributed by atoms with Crippen molar-refractivity contribution in [2.45, 2.75) is 0 Å². The zero-order chi connectivity index (χ0) is 36.9. The number of aromatic nitrogens is 3. The van der Waals surface area contributed by atoms with E-state index in [4.69, 9.17) is 4.98 Å². The molecule has 0 spiro atoms. The second-order valence-electron chi connectivity index (χ2n) is 13.8. The second kappa shape index (κ2) is 13.1. The molecule has 5 heteroatoms. The molecule has 0 unspecified atom stereocenters. The van der Waals surface area contributed by atoms with Gasteiger partial charge >= 0.3 is 0 Å². The van der Waals surface area contributed by atoms with E-state index < -0.39 is 0 Å². The smallest absolute Gasteiger partial charge is 0.161 e. The Labute approximate surface area is 318 Å². The van der Waals surface area contributed by atoms with E-state index in [1.54, 1.807) is 0 Å². The zero-order valence-electron chi connectivity index (χ0n) is 29.9. The Morgan fingerprint density at radius 3 is 2.25 bits per heavy atom. The molecule has 0 atom stereocenters. The van der Waals surface area contributed by atoms with Crippen molar-refractivity contribution in [3.8, 4) is 34.3 Å². The van der Waals surface area contributed by atoms with Gasteiger partial charge in [0.15, 0.2) is 11.5 Å². The van der Waals surface area contributed by atoms with Crippen LogP contribution >= 0.6 is 0 Å². The highest BCUT2D eigenvalue weighted by Gasteiger charge is 2.21. The minimum Gasteiger partial charge on any atom is -0.337 e. The van der Waals surface area contributed by atoms with Gasteiger partial charge in [-0.2, -0.15) is 5.26 Å². The minimum atomic E-state index is 0.373. The average Bonchev–Trinajstić information content (AvgIpc) is 3.61. The molecule has 9 aromatic rings. The Bertz CT molecular complexity index is 3090. The number of rotatable bonds is 4. The van der Waals surface area contributed by atoms with Crippen LogP contribution in [0.3, 0.4) is 0 Å². The second-order valence-corrected chi connectivity index (χ2v) is 13.8. The first-order valence-electron chi connectivity index (χ1n) is 18.4. The molecule has 258 valence electrons. The highest BCUT2D eigenvalue weighted by molar-refractivity contribution is 6.21. The van der Waals surface area contributed by atoms with Gasteiger partial charge in [0.1, 0.15) is 6.07 Å². The molecule has 1 aliphatic rings. The number of fused-ring (bicyclic) bond motifs is 7. The lowest BCUT2D eigenvalue weighted by Gasteiger charge is -2.28. The number of hydrogen-bond donors (Lipinski definition) is 0. The van der Waals surface area contributed by atoms with E-state index in [1.165, 1.54) is 27.1 Å². The molecule has 0 radical (unpaired) electrons. The van der Waals surface area contributed by atoms with Crippen molar-refractivity contribution in [2.75, 3.05) is 11.4 Å².